The fourth-order valence-electron chi connectivity index (χ4n) is 1.87. The molecular weight excluding hydrogens is 401 g/mol. The Labute approximate surface area is 148 Å². The number of halogens is 2. The third kappa shape index (κ3) is 6.74. The first-order valence-electron chi connectivity index (χ1n) is 7.12. The van der Waals surface area contributed by atoms with Gasteiger partial charge in [0.15, 0.2) is 5.96 Å². The zero-order valence-electron chi connectivity index (χ0n) is 12.4. The molecule has 0 aromatic heterocycles. The molecule has 1 aromatic rings. The van der Waals surface area contributed by atoms with E-state index in [1.54, 1.807) is 0 Å². The zero-order valence-corrected chi connectivity index (χ0v) is 15.5. The fraction of sp³-hybridized carbons (Fsp3) is 0.533. The Morgan fingerprint density at radius 1 is 1.38 bits per heavy atom. The number of ether oxygens (including phenoxy) is 1. The van der Waals surface area contributed by atoms with Crippen LogP contribution in [0.1, 0.15) is 20.3 Å². The van der Waals surface area contributed by atoms with Crippen molar-refractivity contribution in [1.29, 1.82) is 0 Å². The quantitative estimate of drug-likeness (QED) is 0.319. The van der Waals surface area contributed by atoms with Crippen LogP contribution in [0.2, 0.25) is 5.02 Å². The van der Waals surface area contributed by atoms with E-state index in [9.17, 15) is 0 Å². The molecule has 0 spiro atoms. The topological polar surface area (TPSA) is 45.7 Å². The maximum absolute atomic E-state index is 5.82. The molecular formula is C15H23ClIN3O. The molecule has 0 saturated heterocycles. The molecule has 0 aliphatic heterocycles. The molecule has 0 radical (unpaired) electrons. The summed E-state index contributed by atoms with van der Waals surface area (Å²) >= 11 is 5.82. The minimum absolute atomic E-state index is 0. The van der Waals surface area contributed by atoms with Gasteiger partial charge in [-0.05, 0) is 43.5 Å². The molecule has 0 heterocycles. The van der Waals surface area contributed by atoms with E-state index in [0.717, 1.165) is 24.2 Å². The van der Waals surface area contributed by atoms with Crippen molar-refractivity contribution in [3.8, 4) is 5.75 Å². The molecule has 21 heavy (non-hydrogen) atoms. The highest BCUT2D eigenvalue weighted by Gasteiger charge is 2.33. The van der Waals surface area contributed by atoms with Crippen molar-refractivity contribution in [2.45, 2.75) is 26.3 Å². The molecule has 6 heteroatoms. The largest absolute Gasteiger partial charge is 0.492 e. The molecule has 118 valence electrons. The van der Waals surface area contributed by atoms with Gasteiger partial charge in [0.25, 0.3) is 0 Å². The molecule has 0 bridgehead atoms. The standard InChI is InChI=1S/C15H22ClN3O.HI/c1-3-17-15(19-14-10-11(14)2)18-8-9-20-13-6-4-12(16)5-7-13;/h4-7,11,14H,3,8-10H2,1-2H3,(H2,17,18,19);1H. The van der Waals surface area contributed by atoms with Crippen LogP contribution in [0.4, 0.5) is 0 Å². The molecule has 2 atom stereocenters. The number of nitrogens with one attached hydrogen (secondary N) is 2. The SMILES string of the molecule is CCNC(=NCCOc1ccc(Cl)cc1)NC1CC1C.I. The predicted octanol–water partition coefficient (Wildman–Crippen LogP) is 3.30. The summed E-state index contributed by atoms with van der Waals surface area (Å²) in [5, 5.41) is 7.38. The molecule has 2 unspecified atom stereocenters. The average molecular weight is 424 g/mol. The van der Waals surface area contributed by atoms with Crippen molar-refractivity contribution < 1.29 is 4.74 Å². The highest BCUT2D eigenvalue weighted by Crippen LogP contribution is 2.28. The molecule has 1 aliphatic carbocycles. The lowest BCUT2D eigenvalue weighted by Gasteiger charge is -2.11. The van der Waals surface area contributed by atoms with Gasteiger partial charge in [-0.2, -0.15) is 0 Å². The van der Waals surface area contributed by atoms with Crippen molar-refractivity contribution in [3.63, 3.8) is 0 Å². The number of aliphatic imine (C=N–C) groups is 1. The third-order valence-electron chi connectivity index (χ3n) is 3.22. The molecule has 4 nitrogen and oxygen atoms in total. The predicted molar refractivity (Wildman–Crippen MR) is 99.0 cm³/mol. The monoisotopic (exact) mass is 423 g/mol. The Balaban J connectivity index is 0.00000220. The van der Waals surface area contributed by atoms with Crippen molar-refractivity contribution in [2.75, 3.05) is 19.7 Å². The van der Waals surface area contributed by atoms with Gasteiger partial charge in [-0.1, -0.05) is 18.5 Å². The van der Waals surface area contributed by atoms with Gasteiger partial charge in [-0.3, -0.25) is 0 Å². The first kappa shape index (κ1) is 18.4. The number of benzene rings is 1. The number of nitrogens with zero attached hydrogens (tertiary/aromatic N) is 1. The lowest BCUT2D eigenvalue weighted by atomic mass is 10.3. The smallest absolute Gasteiger partial charge is 0.191 e. The Kier molecular flexibility index (Phi) is 8.18. The third-order valence-corrected chi connectivity index (χ3v) is 3.47. The van der Waals surface area contributed by atoms with Crippen LogP contribution in [0.5, 0.6) is 5.75 Å². The summed E-state index contributed by atoms with van der Waals surface area (Å²) in [6.45, 7) is 6.35. The summed E-state index contributed by atoms with van der Waals surface area (Å²) in [4.78, 5) is 4.50. The maximum atomic E-state index is 5.82. The molecule has 2 N–H and O–H groups in total. The van der Waals surface area contributed by atoms with E-state index in [1.165, 1.54) is 6.42 Å². The van der Waals surface area contributed by atoms with Crippen LogP contribution in [0.25, 0.3) is 0 Å². The minimum atomic E-state index is 0. The van der Waals surface area contributed by atoms with E-state index in [4.69, 9.17) is 16.3 Å². The van der Waals surface area contributed by atoms with Gasteiger partial charge in [0.05, 0.1) is 6.54 Å². The number of rotatable bonds is 6. The summed E-state index contributed by atoms with van der Waals surface area (Å²) < 4.78 is 5.61. The highest BCUT2D eigenvalue weighted by atomic mass is 127. The normalized spacial score (nSPS) is 20.4. The Bertz CT molecular complexity index is 453. The number of guanidine groups is 1. The van der Waals surface area contributed by atoms with E-state index < -0.39 is 0 Å². The molecule has 2 rings (SSSR count). The average Bonchev–Trinajstić information content (AvgIpc) is 3.12. The van der Waals surface area contributed by atoms with Gasteiger partial charge in [-0.15, -0.1) is 24.0 Å². The molecule has 0 amide bonds. The fourth-order valence-corrected chi connectivity index (χ4v) is 2.00. The van der Waals surface area contributed by atoms with Crippen LogP contribution in [0, 0.1) is 5.92 Å². The van der Waals surface area contributed by atoms with Gasteiger partial charge < -0.3 is 15.4 Å². The second kappa shape index (κ2) is 9.35. The zero-order chi connectivity index (χ0) is 14.4. The summed E-state index contributed by atoms with van der Waals surface area (Å²) in [7, 11) is 0. The van der Waals surface area contributed by atoms with Crippen LogP contribution in [-0.4, -0.2) is 31.7 Å². The maximum Gasteiger partial charge on any atom is 0.191 e. The molecule has 1 saturated carbocycles. The van der Waals surface area contributed by atoms with Crippen LogP contribution in [0.15, 0.2) is 29.3 Å². The van der Waals surface area contributed by atoms with Gasteiger partial charge in [-0.25, -0.2) is 4.99 Å². The Hall–Kier alpha value is -0.690. The lowest BCUT2D eigenvalue weighted by molar-refractivity contribution is 0.328. The van der Waals surface area contributed by atoms with E-state index in [0.29, 0.717) is 24.2 Å². The van der Waals surface area contributed by atoms with Crippen LogP contribution >= 0.6 is 35.6 Å². The van der Waals surface area contributed by atoms with Crippen molar-refractivity contribution in [1.82, 2.24) is 10.6 Å². The second-order valence-electron chi connectivity index (χ2n) is 5.03. The van der Waals surface area contributed by atoms with Crippen molar-refractivity contribution >= 4 is 41.5 Å². The molecule has 1 aromatic carbocycles. The number of hydrogen-bond donors (Lipinski definition) is 2. The number of hydrogen-bond acceptors (Lipinski definition) is 2. The van der Waals surface area contributed by atoms with Gasteiger partial charge in [0, 0.05) is 17.6 Å². The lowest BCUT2D eigenvalue weighted by Crippen LogP contribution is -2.39. The molecule has 1 fully saturated rings. The second-order valence-corrected chi connectivity index (χ2v) is 5.46. The Morgan fingerprint density at radius 2 is 2.05 bits per heavy atom. The van der Waals surface area contributed by atoms with E-state index in [1.807, 2.05) is 24.3 Å². The van der Waals surface area contributed by atoms with Gasteiger partial charge >= 0.3 is 0 Å². The van der Waals surface area contributed by atoms with Crippen molar-refractivity contribution in [2.24, 2.45) is 10.9 Å². The molecule has 1 aliphatic rings. The summed E-state index contributed by atoms with van der Waals surface area (Å²) in [5.41, 5.74) is 0. The van der Waals surface area contributed by atoms with Gasteiger partial charge in [0.2, 0.25) is 0 Å². The summed E-state index contributed by atoms with van der Waals surface area (Å²) in [6, 6.07) is 7.94. The van der Waals surface area contributed by atoms with E-state index in [2.05, 4.69) is 29.5 Å². The van der Waals surface area contributed by atoms with Crippen molar-refractivity contribution in [3.05, 3.63) is 29.3 Å². The van der Waals surface area contributed by atoms with Gasteiger partial charge in [0.1, 0.15) is 12.4 Å². The summed E-state index contributed by atoms with van der Waals surface area (Å²) in [6.07, 6.45) is 1.23. The summed E-state index contributed by atoms with van der Waals surface area (Å²) in [5.74, 6) is 2.45. The first-order chi connectivity index (χ1) is 9.69. The Morgan fingerprint density at radius 3 is 2.62 bits per heavy atom. The first-order valence-corrected chi connectivity index (χ1v) is 7.50. The minimum Gasteiger partial charge on any atom is -0.492 e. The highest BCUT2D eigenvalue weighted by molar-refractivity contribution is 14.0. The van der Waals surface area contributed by atoms with Crippen LogP contribution in [-0.2, 0) is 0 Å². The van der Waals surface area contributed by atoms with Crippen LogP contribution in [0.3, 0.4) is 0 Å². The van der Waals surface area contributed by atoms with E-state index >= 15 is 0 Å². The van der Waals surface area contributed by atoms with Crippen LogP contribution < -0.4 is 15.4 Å². The van der Waals surface area contributed by atoms with E-state index in [-0.39, 0.29) is 24.0 Å².